The first-order chi connectivity index (χ1) is 14.8. The number of carbonyl (C=O) groups excluding carboxylic acids is 2. The fourth-order valence-corrected chi connectivity index (χ4v) is 3.94. The van der Waals surface area contributed by atoms with Crippen LogP contribution in [0.4, 0.5) is 5.69 Å². The van der Waals surface area contributed by atoms with E-state index in [2.05, 4.69) is 5.10 Å². The molecule has 31 heavy (non-hydrogen) atoms. The average molecular weight is 421 g/mol. The molecule has 4 rings (SSSR count). The second kappa shape index (κ2) is 8.13. The van der Waals surface area contributed by atoms with Gasteiger partial charge in [0.2, 0.25) is 0 Å². The van der Waals surface area contributed by atoms with Crippen LogP contribution < -0.4 is 4.90 Å². The van der Waals surface area contributed by atoms with Crippen LogP contribution in [0, 0.1) is 0 Å². The summed E-state index contributed by atoms with van der Waals surface area (Å²) in [6, 6.07) is 9.68. The summed E-state index contributed by atoms with van der Waals surface area (Å²) in [4.78, 5) is 32.6. The standard InChI is InChI=1S/C24H28N4O3/c1-14(2)20-12-18(19-13-25-28(15(3)4)22(19)26-20)24(30)31-16(5)23(29)27-11-10-17-8-6-7-9-21(17)27/h6-9,12-16H,10-11H2,1-5H3/t16-/m0/s1. The van der Waals surface area contributed by atoms with E-state index in [1.165, 1.54) is 0 Å². The molecule has 0 bridgehead atoms. The number of para-hydroxylation sites is 1. The van der Waals surface area contributed by atoms with E-state index in [0.717, 1.165) is 23.4 Å². The van der Waals surface area contributed by atoms with Crippen molar-refractivity contribution < 1.29 is 14.3 Å². The minimum Gasteiger partial charge on any atom is -0.449 e. The van der Waals surface area contributed by atoms with E-state index in [-0.39, 0.29) is 17.9 Å². The summed E-state index contributed by atoms with van der Waals surface area (Å²) < 4.78 is 7.44. The van der Waals surface area contributed by atoms with Crippen LogP contribution in [0.25, 0.3) is 11.0 Å². The minimum atomic E-state index is -0.899. The number of benzene rings is 1. The first-order valence-electron chi connectivity index (χ1n) is 10.8. The molecule has 7 heteroatoms. The van der Waals surface area contributed by atoms with Crippen LogP contribution in [-0.4, -0.2) is 39.3 Å². The summed E-state index contributed by atoms with van der Waals surface area (Å²) in [5.41, 5.74) is 3.85. The maximum atomic E-state index is 13.1. The lowest BCUT2D eigenvalue weighted by Gasteiger charge is -2.22. The molecule has 1 aliphatic rings. The van der Waals surface area contributed by atoms with Crippen LogP contribution in [0.3, 0.4) is 0 Å². The van der Waals surface area contributed by atoms with Crippen molar-refractivity contribution in [3.63, 3.8) is 0 Å². The summed E-state index contributed by atoms with van der Waals surface area (Å²) >= 11 is 0. The molecular formula is C24H28N4O3. The molecule has 1 aliphatic heterocycles. The maximum absolute atomic E-state index is 13.1. The summed E-state index contributed by atoms with van der Waals surface area (Å²) in [5, 5.41) is 5.05. The number of anilines is 1. The Morgan fingerprint density at radius 2 is 1.84 bits per heavy atom. The number of amides is 1. The number of hydrogen-bond donors (Lipinski definition) is 0. The van der Waals surface area contributed by atoms with E-state index in [1.807, 2.05) is 52.0 Å². The lowest BCUT2D eigenvalue weighted by Crippen LogP contribution is -2.39. The third-order valence-electron chi connectivity index (χ3n) is 5.67. The lowest BCUT2D eigenvalue weighted by atomic mass is 10.1. The Hall–Kier alpha value is -3.22. The number of nitrogens with zero attached hydrogens (tertiary/aromatic N) is 4. The van der Waals surface area contributed by atoms with Gasteiger partial charge in [0.25, 0.3) is 5.91 Å². The predicted octanol–water partition coefficient (Wildman–Crippen LogP) is 4.27. The SMILES string of the molecule is CC(C)c1cc(C(=O)O[C@@H](C)C(=O)N2CCc3ccccc32)c2cnn(C(C)C)c2n1. The highest BCUT2D eigenvalue weighted by Gasteiger charge is 2.30. The average Bonchev–Trinajstić information content (AvgIpc) is 3.36. The number of esters is 1. The van der Waals surface area contributed by atoms with E-state index in [9.17, 15) is 9.59 Å². The number of ether oxygens (including phenoxy) is 1. The summed E-state index contributed by atoms with van der Waals surface area (Å²) in [5.74, 6) is -0.622. The second-order valence-electron chi connectivity index (χ2n) is 8.59. The number of rotatable bonds is 5. The van der Waals surface area contributed by atoms with Crippen molar-refractivity contribution in [2.75, 3.05) is 11.4 Å². The van der Waals surface area contributed by atoms with Crippen molar-refractivity contribution in [2.24, 2.45) is 0 Å². The first kappa shape index (κ1) is 21.0. The molecule has 0 N–H and O–H groups in total. The van der Waals surface area contributed by atoms with Gasteiger partial charge in [-0.1, -0.05) is 32.0 Å². The normalized spacial score (nSPS) is 14.4. The Labute approximate surface area is 182 Å². The van der Waals surface area contributed by atoms with Gasteiger partial charge in [0.05, 0.1) is 17.1 Å². The fraction of sp³-hybridized carbons (Fsp3) is 0.417. The molecular weight excluding hydrogens is 392 g/mol. The maximum Gasteiger partial charge on any atom is 0.339 e. The molecule has 0 fully saturated rings. The molecule has 0 unspecified atom stereocenters. The van der Waals surface area contributed by atoms with Gasteiger partial charge >= 0.3 is 5.97 Å². The van der Waals surface area contributed by atoms with Gasteiger partial charge < -0.3 is 9.64 Å². The van der Waals surface area contributed by atoms with E-state index in [1.54, 1.807) is 28.8 Å². The molecule has 2 aromatic heterocycles. The number of hydrogen-bond acceptors (Lipinski definition) is 5. The van der Waals surface area contributed by atoms with Crippen LogP contribution in [0.15, 0.2) is 36.5 Å². The molecule has 1 aromatic carbocycles. The van der Waals surface area contributed by atoms with Gasteiger partial charge in [0.1, 0.15) is 0 Å². The van der Waals surface area contributed by atoms with E-state index >= 15 is 0 Å². The summed E-state index contributed by atoms with van der Waals surface area (Å²) in [6.45, 7) is 10.3. The molecule has 0 saturated carbocycles. The van der Waals surface area contributed by atoms with Crippen LogP contribution in [-0.2, 0) is 16.0 Å². The van der Waals surface area contributed by atoms with Crippen LogP contribution in [0.1, 0.15) is 68.2 Å². The number of fused-ring (bicyclic) bond motifs is 2. The van der Waals surface area contributed by atoms with Gasteiger partial charge in [-0.25, -0.2) is 14.5 Å². The van der Waals surface area contributed by atoms with E-state index < -0.39 is 12.1 Å². The smallest absolute Gasteiger partial charge is 0.339 e. The zero-order valence-electron chi connectivity index (χ0n) is 18.6. The van der Waals surface area contributed by atoms with Crippen molar-refractivity contribution >= 4 is 28.6 Å². The second-order valence-corrected chi connectivity index (χ2v) is 8.59. The minimum absolute atomic E-state index is 0.104. The Bertz CT molecular complexity index is 1150. The van der Waals surface area contributed by atoms with Gasteiger partial charge in [0, 0.05) is 24.0 Å². The Kier molecular flexibility index (Phi) is 5.52. The number of carbonyl (C=O) groups is 2. The molecule has 1 amide bonds. The highest BCUT2D eigenvalue weighted by atomic mass is 16.5. The Morgan fingerprint density at radius 1 is 1.10 bits per heavy atom. The van der Waals surface area contributed by atoms with Crippen molar-refractivity contribution in [3.05, 3.63) is 53.3 Å². The van der Waals surface area contributed by atoms with E-state index in [0.29, 0.717) is 23.1 Å². The van der Waals surface area contributed by atoms with Crippen molar-refractivity contribution in [3.8, 4) is 0 Å². The van der Waals surface area contributed by atoms with Crippen molar-refractivity contribution in [1.29, 1.82) is 0 Å². The zero-order valence-corrected chi connectivity index (χ0v) is 18.6. The van der Waals surface area contributed by atoms with Crippen LogP contribution in [0.5, 0.6) is 0 Å². The van der Waals surface area contributed by atoms with Gasteiger partial charge in [-0.3, -0.25) is 4.79 Å². The molecule has 0 aliphatic carbocycles. The van der Waals surface area contributed by atoms with Crippen molar-refractivity contribution in [1.82, 2.24) is 14.8 Å². The third-order valence-corrected chi connectivity index (χ3v) is 5.67. The fourth-order valence-electron chi connectivity index (χ4n) is 3.94. The van der Waals surface area contributed by atoms with Crippen LogP contribution in [0.2, 0.25) is 0 Å². The van der Waals surface area contributed by atoms with Gasteiger partial charge in [-0.05, 0) is 50.8 Å². The topological polar surface area (TPSA) is 77.3 Å². The molecule has 1 atom stereocenters. The summed E-state index contributed by atoms with van der Waals surface area (Å²) in [6.07, 6.45) is 1.55. The molecule has 0 spiro atoms. The molecule has 3 heterocycles. The zero-order chi connectivity index (χ0) is 22.3. The largest absolute Gasteiger partial charge is 0.449 e. The van der Waals surface area contributed by atoms with Gasteiger partial charge in [-0.2, -0.15) is 5.10 Å². The Morgan fingerprint density at radius 3 is 2.55 bits per heavy atom. The number of aromatic nitrogens is 3. The molecule has 3 aromatic rings. The molecule has 7 nitrogen and oxygen atoms in total. The van der Waals surface area contributed by atoms with Gasteiger partial charge in [-0.15, -0.1) is 0 Å². The quantitative estimate of drug-likeness (QED) is 0.576. The molecule has 162 valence electrons. The lowest BCUT2D eigenvalue weighted by molar-refractivity contribution is -0.126. The predicted molar refractivity (Wildman–Crippen MR) is 119 cm³/mol. The highest BCUT2D eigenvalue weighted by Crippen LogP contribution is 2.29. The number of pyridine rings is 1. The van der Waals surface area contributed by atoms with Crippen LogP contribution >= 0.6 is 0 Å². The first-order valence-corrected chi connectivity index (χ1v) is 10.8. The Balaban J connectivity index is 1.62. The third kappa shape index (κ3) is 3.80. The van der Waals surface area contributed by atoms with Gasteiger partial charge in [0.15, 0.2) is 11.8 Å². The highest BCUT2D eigenvalue weighted by molar-refractivity contribution is 6.05. The molecule has 0 radical (unpaired) electrons. The monoisotopic (exact) mass is 420 g/mol. The summed E-state index contributed by atoms with van der Waals surface area (Å²) in [7, 11) is 0. The van der Waals surface area contributed by atoms with E-state index in [4.69, 9.17) is 9.72 Å². The van der Waals surface area contributed by atoms with Crippen molar-refractivity contribution in [2.45, 2.75) is 59.1 Å². The molecule has 0 saturated heterocycles.